The number of aromatic nitrogens is 4. The van der Waals surface area contributed by atoms with Crippen LogP contribution < -0.4 is 5.32 Å². The lowest BCUT2D eigenvalue weighted by Crippen LogP contribution is -2.14. The minimum atomic E-state index is -0.137. The average Bonchev–Trinajstić information content (AvgIpc) is 3.18. The highest BCUT2D eigenvalue weighted by Crippen LogP contribution is 2.22. The number of nitrogens with one attached hydrogen (secondary N) is 1. The van der Waals surface area contributed by atoms with Gasteiger partial charge in [-0.25, -0.2) is 4.98 Å². The van der Waals surface area contributed by atoms with Gasteiger partial charge < -0.3 is 5.32 Å². The maximum absolute atomic E-state index is 12.1. The van der Waals surface area contributed by atoms with Gasteiger partial charge in [0.15, 0.2) is 0 Å². The van der Waals surface area contributed by atoms with E-state index in [2.05, 4.69) is 32.4 Å². The van der Waals surface area contributed by atoms with Crippen LogP contribution in [-0.4, -0.2) is 26.1 Å². The first-order valence-corrected chi connectivity index (χ1v) is 8.92. The van der Waals surface area contributed by atoms with Crippen LogP contribution in [0.15, 0.2) is 29.8 Å². The fraction of sp³-hybridized carbons (Fsp3) is 0.267. The summed E-state index contributed by atoms with van der Waals surface area (Å²) in [5, 5.41) is 15.0. The van der Waals surface area contributed by atoms with Crippen molar-refractivity contribution in [2.24, 2.45) is 0 Å². The molecule has 118 valence electrons. The molecule has 0 radical (unpaired) electrons. The normalized spacial score (nSPS) is 10.7. The Bertz CT molecular complexity index is 784. The third-order valence-electron chi connectivity index (χ3n) is 2.95. The van der Waals surface area contributed by atoms with E-state index in [-0.39, 0.29) is 12.3 Å². The molecule has 3 heterocycles. The van der Waals surface area contributed by atoms with Crippen molar-refractivity contribution in [2.45, 2.75) is 26.2 Å². The first-order valence-electron chi connectivity index (χ1n) is 7.22. The molecule has 0 bridgehead atoms. The Morgan fingerprint density at radius 3 is 3.00 bits per heavy atom. The van der Waals surface area contributed by atoms with Crippen LogP contribution >= 0.6 is 22.7 Å². The zero-order chi connectivity index (χ0) is 16.1. The van der Waals surface area contributed by atoms with Crippen molar-refractivity contribution in [1.82, 2.24) is 20.2 Å². The minimum Gasteiger partial charge on any atom is -0.300 e. The molecule has 0 aliphatic carbocycles. The van der Waals surface area contributed by atoms with Crippen LogP contribution in [0.4, 0.5) is 5.13 Å². The highest BCUT2D eigenvalue weighted by molar-refractivity contribution is 7.15. The monoisotopic (exact) mass is 345 g/mol. The third kappa shape index (κ3) is 4.17. The van der Waals surface area contributed by atoms with Gasteiger partial charge in [0.1, 0.15) is 10.0 Å². The molecule has 0 saturated heterocycles. The molecule has 0 aliphatic rings. The van der Waals surface area contributed by atoms with Crippen molar-refractivity contribution < 1.29 is 4.79 Å². The predicted molar refractivity (Wildman–Crippen MR) is 91.6 cm³/mol. The van der Waals surface area contributed by atoms with E-state index in [4.69, 9.17) is 0 Å². The van der Waals surface area contributed by atoms with Gasteiger partial charge in [-0.3, -0.25) is 9.78 Å². The molecule has 1 amide bonds. The van der Waals surface area contributed by atoms with Gasteiger partial charge in [0.05, 0.1) is 17.8 Å². The van der Waals surface area contributed by atoms with Gasteiger partial charge >= 0.3 is 0 Å². The Balaban J connectivity index is 1.60. The third-order valence-corrected chi connectivity index (χ3v) is 4.77. The van der Waals surface area contributed by atoms with Crippen LogP contribution in [-0.2, 0) is 17.6 Å². The lowest BCUT2D eigenvalue weighted by molar-refractivity contribution is -0.115. The molecular weight excluding hydrogens is 330 g/mol. The Hall–Kier alpha value is -2.19. The number of amides is 1. The Morgan fingerprint density at radius 2 is 2.22 bits per heavy atom. The van der Waals surface area contributed by atoms with Crippen LogP contribution in [0.5, 0.6) is 0 Å². The molecule has 0 unspecified atom stereocenters. The van der Waals surface area contributed by atoms with E-state index in [1.54, 1.807) is 6.20 Å². The van der Waals surface area contributed by atoms with E-state index in [0.717, 1.165) is 34.2 Å². The van der Waals surface area contributed by atoms with Gasteiger partial charge in [0.2, 0.25) is 11.0 Å². The summed E-state index contributed by atoms with van der Waals surface area (Å²) < 4.78 is 0. The molecule has 0 aromatic carbocycles. The molecule has 3 rings (SSSR count). The summed E-state index contributed by atoms with van der Waals surface area (Å²) in [6, 6.07) is 5.68. The Labute approximate surface area is 141 Å². The van der Waals surface area contributed by atoms with Gasteiger partial charge in [0.25, 0.3) is 0 Å². The molecule has 1 N–H and O–H groups in total. The standard InChI is InChI=1S/C15H15N5OS2/c1-2-5-13-19-20-15(23-13)18-12(21)8-10-9-22-14(17-10)11-6-3-4-7-16-11/h3-4,6-7,9H,2,5,8H2,1H3,(H,18,20,21). The van der Waals surface area contributed by atoms with Crippen LogP contribution in [0.3, 0.4) is 0 Å². The van der Waals surface area contributed by atoms with E-state index < -0.39 is 0 Å². The number of hydrogen-bond donors (Lipinski definition) is 1. The van der Waals surface area contributed by atoms with Gasteiger partial charge in [-0.2, -0.15) is 0 Å². The quantitative estimate of drug-likeness (QED) is 0.742. The van der Waals surface area contributed by atoms with Crippen LogP contribution in [0, 0.1) is 0 Å². The second-order valence-corrected chi connectivity index (χ2v) is 6.76. The molecule has 0 spiro atoms. The molecule has 6 nitrogen and oxygen atoms in total. The number of aryl methyl sites for hydroxylation is 1. The Kier molecular flexibility index (Phi) is 5.04. The van der Waals surface area contributed by atoms with Crippen LogP contribution in [0.1, 0.15) is 24.0 Å². The lowest BCUT2D eigenvalue weighted by atomic mass is 10.3. The molecule has 0 fully saturated rings. The van der Waals surface area contributed by atoms with Gasteiger partial charge in [-0.05, 0) is 18.6 Å². The van der Waals surface area contributed by atoms with Gasteiger partial charge in [-0.1, -0.05) is 24.3 Å². The van der Waals surface area contributed by atoms with E-state index in [1.807, 2.05) is 23.6 Å². The fourth-order valence-corrected chi connectivity index (χ4v) is 3.59. The fourth-order valence-electron chi connectivity index (χ4n) is 1.94. The van der Waals surface area contributed by atoms with Crippen molar-refractivity contribution in [3.63, 3.8) is 0 Å². The van der Waals surface area contributed by atoms with Crippen molar-refractivity contribution in [3.05, 3.63) is 40.5 Å². The summed E-state index contributed by atoms with van der Waals surface area (Å²) in [6.07, 6.45) is 3.84. The molecule has 8 heteroatoms. The molecule has 0 aliphatic heterocycles. The number of anilines is 1. The lowest BCUT2D eigenvalue weighted by Gasteiger charge is -1.98. The van der Waals surface area contributed by atoms with E-state index in [9.17, 15) is 4.79 Å². The summed E-state index contributed by atoms with van der Waals surface area (Å²) in [4.78, 5) is 20.8. The molecular formula is C15H15N5OS2. The second kappa shape index (κ2) is 7.38. The van der Waals surface area contributed by atoms with E-state index in [1.165, 1.54) is 22.7 Å². The smallest absolute Gasteiger partial charge is 0.232 e. The van der Waals surface area contributed by atoms with Crippen molar-refractivity contribution in [2.75, 3.05) is 5.32 Å². The second-order valence-electron chi connectivity index (χ2n) is 4.83. The summed E-state index contributed by atoms with van der Waals surface area (Å²) in [5.41, 5.74) is 1.55. The number of thiazole rings is 1. The van der Waals surface area contributed by atoms with E-state index in [0.29, 0.717) is 5.13 Å². The molecule has 3 aromatic rings. The maximum Gasteiger partial charge on any atom is 0.232 e. The number of hydrogen-bond acceptors (Lipinski definition) is 7. The number of pyridine rings is 1. The largest absolute Gasteiger partial charge is 0.300 e. The minimum absolute atomic E-state index is 0.137. The van der Waals surface area contributed by atoms with Crippen LogP contribution in [0.2, 0.25) is 0 Å². The number of carbonyl (C=O) groups excluding carboxylic acids is 1. The number of carbonyl (C=O) groups is 1. The highest BCUT2D eigenvalue weighted by atomic mass is 32.1. The Morgan fingerprint density at radius 1 is 1.30 bits per heavy atom. The molecule has 3 aromatic heterocycles. The van der Waals surface area contributed by atoms with Gasteiger partial charge in [-0.15, -0.1) is 21.5 Å². The first kappa shape index (κ1) is 15.7. The number of nitrogens with zero attached hydrogens (tertiary/aromatic N) is 4. The zero-order valence-corrected chi connectivity index (χ0v) is 14.2. The molecule has 0 saturated carbocycles. The summed E-state index contributed by atoms with van der Waals surface area (Å²) in [6.45, 7) is 2.08. The summed E-state index contributed by atoms with van der Waals surface area (Å²) in [7, 11) is 0. The SMILES string of the molecule is CCCc1nnc(NC(=O)Cc2csc(-c3ccccn3)n2)s1. The van der Waals surface area contributed by atoms with Crippen molar-refractivity contribution in [3.8, 4) is 10.7 Å². The van der Waals surface area contributed by atoms with Crippen molar-refractivity contribution in [1.29, 1.82) is 0 Å². The van der Waals surface area contributed by atoms with E-state index >= 15 is 0 Å². The van der Waals surface area contributed by atoms with Gasteiger partial charge in [0, 0.05) is 18.0 Å². The predicted octanol–water partition coefficient (Wildman–Crippen LogP) is 3.19. The summed E-state index contributed by atoms with van der Waals surface area (Å²) >= 11 is 2.90. The van der Waals surface area contributed by atoms with Crippen molar-refractivity contribution >= 4 is 33.7 Å². The zero-order valence-electron chi connectivity index (χ0n) is 12.5. The topological polar surface area (TPSA) is 80.7 Å². The highest BCUT2D eigenvalue weighted by Gasteiger charge is 2.12. The summed E-state index contributed by atoms with van der Waals surface area (Å²) in [5.74, 6) is -0.137. The molecule has 0 atom stereocenters. The number of rotatable bonds is 6. The van der Waals surface area contributed by atoms with Crippen LogP contribution in [0.25, 0.3) is 10.7 Å². The first-order chi connectivity index (χ1) is 11.2. The maximum atomic E-state index is 12.1. The molecule has 23 heavy (non-hydrogen) atoms. The average molecular weight is 345 g/mol.